The average Bonchev–Trinajstić information content (AvgIpc) is 2.86. The third-order valence-electron chi connectivity index (χ3n) is 5.14. The van der Waals surface area contributed by atoms with Crippen molar-refractivity contribution in [2.24, 2.45) is 0 Å². The molecule has 9 nitrogen and oxygen atoms in total. The Kier molecular flexibility index (Phi) is 8.89. The van der Waals surface area contributed by atoms with Crippen molar-refractivity contribution in [1.82, 2.24) is 5.32 Å². The van der Waals surface area contributed by atoms with E-state index in [2.05, 4.69) is 23.3 Å². The van der Waals surface area contributed by atoms with Gasteiger partial charge in [-0.05, 0) is 24.6 Å². The van der Waals surface area contributed by atoms with Crippen LogP contribution in [-0.4, -0.2) is 29.2 Å². The van der Waals surface area contributed by atoms with Crippen LogP contribution in [0.3, 0.4) is 0 Å². The van der Waals surface area contributed by atoms with Gasteiger partial charge in [-0.3, -0.25) is 14.9 Å². The second-order valence-corrected chi connectivity index (χ2v) is 8.86. The summed E-state index contributed by atoms with van der Waals surface area (Å²) in [6.45, 7) is 5.20. The first-order chi connectivity index (χ1) is 17.3. The number of nitro groups is 1. The van der Waals surface area contributed by atoms with E-state index in [0.717, 1.165) is 11.8 Å². The molecule has 0 radical (unpaired) electrons. The quantitative estimate of drug-likeness (QED) is 0.201. The fourth-order valence-corrected chi connectivity index (χ4v) is 4.73. The Morgan fingerprint density at radius 2 is 2.00 bits per heavy atom. The number of rotatable bonds is 9. The highest BCUT2D eigenvalue weighted by Gasteiger charge is 2.36. The Morgan fingerprint density at radius 1 is 1.31 bits per heavy atom. The van der Waals surface area contributed by atoms with Gasteiger partial charge in [0.05, 0.1) is 38.8 Å². The predicted molar refractivity (Wildman–Crippen MR) is 138 cm³/mol. The molecule has 0 aliphatic carbocycles. The SMILES string of the molecule is C=CCOC(=O)C1=C(C)NC(SCC(=O)Nc2ccccc2[N+](=O)[O-])=C(C#N)[C@@H]1c1ccccc1Cl. The number of hydrogen-bond acceptors (Lipinski definition) is 8. The van der Waals surface area contributed by atoms with Gasteiger partial charge in [-0.1, -0.05) is 66.3 Å². The molecule has 0 aromatic heterocycles. The fraction of sp³-hybridized carbons (Fsp3) is 0.160. The molecule has 1 heterocycles. The van der Waals surface area contributed by atoms with E-state index < -0.39 is 22.7 Å². The second-order valence-electron chi connectivity index (χ2n) is 7.47. The fourth-order valence-electron chi connectivity index (χ4n) is 3.59. The zero-order chi connectivity index (χ0) is 26.2. The molecule has 36 heavy (non-hydrogen) atoms. The zero-order valence-electron chi connectivity index (χ0n) is 19.1. The van der Waals surface area contributed by atoms with Gasteiger partial charge >= 0.3 is 5.97 Å². The minimum Gasteiger partial charge on any atom is -0.458 e. The van der Waals surface area contributed by atoms with Crippen LogP contribution in [0.4, 0.5) is 11.4 Å². The number of anilines is 1. The summed E-state index contributed by atoms with van der Waals surface area (Å²) >= 11 is 7.47. The summed E-state index contributed by atoms with van der Waals surface area (Å²) in [5.41, 5.74) is 1.21. The predicted octanol–water partition coefficient (Wildman–Crippen LogP) is 5.05. The van der Waals surface area contributed by atoms with Gasteiger partial charge < -0.3 is 15.4 Å². The minimum atomic E-state index is -0.831. The van der Waals surface area contributed by atoms with Crippen LogP contribution in [0.1, 0.15) is 18.4 Å². The van der Waals surface area contributed by atoms with E-state index in [-0.39, 0.29) is 34.9 Å². The van der Waals surface area contributed by atoms with Gasteiger partial charge in [0.25, 0.3) is 5.69 Å². The summed E-state index contributed by atoms with van der Waals surface area (Å²) in [7, 11) is 0. The minimum absolute atomic E-state index is 0.0101. The number of thioether (sulfide) groups is 1. The van der Waals surface area contributed by atoms with E-state index in [4.69, 9.17) is 16.3 Å². The third-order valence-corrected chi connectivity index (χ3v) is 6.50. The van der Waals surface area contributed by atoms with Crippen LogP contribution in [-0.2, 0) is 14.3 Å². The number of hydrogen-bond donors (Lipinski definition) is 2. The largest absolute Gasteiger partial charge is 0.458 e. The standard InChI is InChI=1S/C25H21ClN4O5S/c1-3-12-35-25(32)22-15(2)28-24(17(13-27)23(22)16-8-4-5-9-18(16)26)36-14-21(31)29-19-10-6-7-11-20(19)30(33)34/h3-11,23,28H,1,12,14H2,2H3,(H,29,31)/t23-/m0/s1. The van der Waals surface area contributed by atoms with Gasteiger partial charge in [0.15, 0.2) is 0 Å². The number of nitriles is 1. The van der Waals surface area contributed by atoms with Crippen molar-refractivity contribution in [3.8, 4) is 6.07 Å². The molecule has 1 amide bonds. The smallest absolute Gasteiger partial charge is 0.337 e. The van der Waals surface area contributed by atoms with E-state index in [1.807, 2.05) is 0 Å². The summed E-state index contributed by atoms with van der Waals surface area (Å²) in [6, 6.07) is 14.8. The van der Waals surface area contributed by atoms with Crippen LogP contribution in [0.5, 0.6) is 0 Å². The molecule has 11 heteroatoms. The van der Waals surface area contributed by atoms with E-state index in [1.165, 1.54) is 24.3 Å². The molecule has 2 N–H and O–H groups in total. The van der Waals surface area contributed by atoms with Gasteiger partial charge in [0, 0.05) is 16.8 Å². The first-order valence-electron chi connectivity index (χ1n) is 10.6. The first-order valence-corrected chi connectivity index (χ1v) is 11.9. The van der Waals surface area contributed by atoms with Gasteiger partial charge in [0.1, 0.15) is 12.3 Å². The number of dihydropyridines is 1. The van der Waals surface area contributed by atoms with Crippen molar-refractivity contribution in [2.45, 2.75) is 12.8 Å². The van der Waals surface area contributed by atoms with E-state index >= 15 is 0 Å². The summed E-state index contributed by atoms with van der Waals surface area (Å²) in [6.07, 6.45) is 1.44. The topological polar surface area (TPSA) is 134 Å². The van der Waals surface area contributed by atoms with Crippen LogP contribution in [0.25, 0.3) is 0 Å². The van der Waals surface area contributed by atoms with Crippen LogP contribution in [0.15, 0.2) is 83.1 Å². The molecular weight excluding hydrogens is 504 g/mol. The molecule has 2 aromatic carbocycles. The molecule has 0 unspecified atom stereocenters. The molecule has 3 rings (SSSR count). The van der Waals surface area contributed by atoms with Crippen LogP contribution in [0.2, 0.25) is 5.02 Å². The van der Waals surface area contributed by atoms with Crippen molar-refractivity contribution in [1.29, 1.82) is 5.26 Å². The number of nitro benzene ring substituents is 1. The molecule has 0 bridgehead atoms. The van der Waals surface area contributed by atoms with Crippen molar-refractivity contribution < 1.29 is 19.2 Å². The van der Waals surface area contributed by atoms with Crippen LogP contribution < -0.4 is 10.6 Å². The first kappa shape index (κ1) is 26.5. The number of ether oxygens (including phenoxy) is 1. The average molecular weight is 525 g/mol. The lowest BCUT2D eigenvalue weighted by molar-refractivity contribution is -0.383. The van der Waals surface area contributed by atoms with Crippen molar-refractivity contribution in [3.63, 3.8) is 0 Å². The summed E-state index contributed by atoms with van der Waals surface area (Å²) in [4.78, 5) is 36.1. The van der Waals surface area contributed by atoms with Gasteiger partial charge in [-0.15, -0.1) is 0 Å². The third kappa shape index (κ3) is 5.94. The summed E-state index contributed by atoms with van der Waals surface area (Å²) in [5.74, 6) is -2.12. The number of esters is 1. The molecule has 1 aliphatic rings. The summed E-state index contributed by atoms with van der Waals surface area (Å²) in [5, 5.41) is 27.6. The molecule has 0 fully saturated rings. The second kappa shape index (κ2) is 12.1. The zero-order valence-corrected chi connectivity index (χ0v) is 20.7. The Balaban J connectivity index is 1.92. The molecule has 0 spiro atoms. The number of benzene rings is 2. The number of amides is 1. The monoisotopic (exact) mass is 524 g/mol. The highest BCUT2D eigenvalue weighted by molar-refractivity contribution is 8.03. The lowest BCUT2D eigenvalue weighted by Crippen LogP contribution is -2.29. The number of nitrogens with one attached hydrogen (secondary N) is 2. The maximum absolute atomic E-state index is 12.9. The Bertz CT molecular complexity index is 1330. The molecular formula is C25H21ClN4O5S. The maximum atomic E-state index is 12.9. The van der Waals surface area contributed by atoms with Crippen molar-refractivity contribution >= 4 is 46.6 Å². The van der Waals surface area contributed by atoms with Crippen molar-refractivity contribution in [3.05, 3.63) is 104 Å². The highest BCUT2D eigenvalue weighted by Crippen LogP contribution is 2.43. The van der Waals surface area contributed by atoms with Gasteiger partial charge in [-0.2, -0.15) is 5.26 Å². The van der Waals surface area contributed by atoms with Gasteiger partial charge in [0.2, 0.25) is 5.91 Å². The van der Waals surface area contributed by atoms with Crippen LogP contribution >= 0.6 is 23.4 Å². The van der Waals surface area contributed by atoms with E-state index in [0.29, 0.717) is 21.3 Å². The number of halogens is 1. The molecule has 2 aromatic rings. The molecule has 1 atom stereocenters. The van der Waals surface area contributed by atoms with E-state index in [9.17, 15) is 25.0 Å². The Labute approximate surface area is 216 Å². The van der Waals surface area contributed by atoms with Crippen LogP contribution in [0, 0.1) is 21.4 Å². The lowest BCUT2D eigenvalue weighted by atomic mass is 9.82. The number of nitrogens with zero attached hydrogens (tertiary/aromatic N) is 2. The highest BCUT2D eigenvalue weighted by atomic mass is 35.5. The lowest BCUT2D eigenvalue weighted by Gasteiger charge is -2.29. The number of para-hydroxylation sites is 2. The number of carbonyl (C=O) groups is 2. The summed E-state index contributed by atoms with van der Waals surface area (Å²) < 4.78 is 5.26. The van der Waals surface area contributed by atoms with E-state index in [1.54, 1.807) is 37.3 Å². The number of allylic oxidation sites excluding steroid dienone is 2. The Hall–Kier alpha value is -4.07. The maximum Gasteiger partial charge on any atom is 0.337 e. The molecule has 184 valence electrons. The molecule has 0 saturated carbocycles. The normalized spacial score (nSPS) is 15.0. The molecule has 0 saturated heterocycles. The van der Waals surface area contributed by atoms with Gasteiger partial charge in [-0.25, -0.2) is 4.79 Å². The molecule has 1 aliphatic heterocycles. The number of carbonyl (C=O) groups excluding carboxylic acids is 2. The Morgan fingerprint density at radius 3 is 2.67 bits per heavy atom. The van der Waals surface area contributed by atoms with Crippen molar-refractivity contribution in [2.75, 3.05) is 17.7 Å².